The van der Waals surface area contributed by atoms with Crippen molar-refractivity contribution in [3.63, 3.8) is 0 Å². The second kappa shape index (κ2) is 7.54. The van der Waals surface area contributed by atoms with Gasteiger partial charge in [0.15, 0.2) is 0 Å². The lowest BCUT2D eigenvalue weighted by Crippen LogP contribution is -2.20. The molecule has 0 aliphatic carbocycles. The molecule has 0 aromatic rings. The van der Waals surface area contributed by atoms with Crippen molar-refractivity contribution in [2.24, 2.45) is 0 Å². The zero-order valence-corrected chi connectivity index (χ0v) is 7.35. The second-order valence-corrected chi connectivity index (χ2v) is 2.43. The van der Waals surface area contributed by atoms with Gasteiger partial charge in [0.2, 0.25) is 0 Å². The Morgan fingerprint density at radius 2 is 2.09 bits per heavy atom. The average molecular weight is 159 g/mol. The number of nitrogens with one attached hydrogen (secondary N) is 1. The van der Waals surface area contributed by atoms with Crippen molar-refractivity contribution in [1.29, 1.82) is 0 Å². The lowest BCUT2D eigenvalue weighted by molar-refractivity contribution is -0.150. The number of hydrogen-bond acceptors (Lipinski definition) is 3. The van der Waals surface area contributed by atoms with E-state index in [9.17, 15) is 4.79 Å². The monoisotopic (exact) mass is 159 g/mol. The average Bonchev–Trinajstić information content (AvgIpc) is 2.04. The van der Waals surface area contributed by atoms with Crippen LogP contribution in [0.2, 0.25) is 0 Å². The van der Waals surface area contributed by atoms with Crippen LogP contribution in [0.15, 0.2) is 0 Å². The molecule has 1 N–H and O–H groups in total. The minimum absolute atomic E-state index is 0.193. The van der Waals surface area contributed by atoms with E-state index in [0.717, 1.165) is 13.0 Å². The first kappa shape index (κ1) is 10.4. The summed E-state index contributed by atoms with van der Waals surface area (Å²) in [6, 6.07) is 0. The second-order valence-electron chi connectivity index (χ2n) is 2.43. The summed E-state index contributed by atoms with van der Waals surface area (Å²) in [7, 11) is 0. The van der Waals surface area contributed by atoms with Gasteiger partial charge in [0.1, 0.15) is 0 Å². The molecule has 0 radical (unpaired) electrons. The normalized spacial score (nSPS) is 9.64. The first-order valence-electron chi connectivity index (χ1n) is 4.23. The van der Waals surface area contributed by atoms with Gasteiger partial charge in [0, 0.05) is 13.0 Å². The number of unbranched alkanes of at least 4 members (excludes halogenated alkanes) is 2. The Morgan fingerprint density at radius 3 is 2.64 bits per heavy atom. The van der Waals surface area contributed by atoms with E-state index in [1.54, 1.807) is 6.92 Å². The van der Waals surface area contributed by atoms with Crippen molar-refractivity contribution >= 4 is 5.97 Å². The number of hydroxylamine groups is 1. The van der Waals surface area contributed by atoms with Gasteiger partial charge >= 0.3 is 5.97 Å². The molecule has 0 amide bonds. The predicted molar refractivity (Wildman–Crippen MR) is 43.9 cm³/mol. The highest BCUT2D eigenvalue weighted by Gasteiger charge is 1.95. The number of rotatable bonds is 6. The third kappa shape index (κ3) is 7.33. The third-order valence-corrected chi connectivity index (χ3v) is 1.36. The molecule has 0 aromatic carbocycles. The molecule has 0 saturated heterocycles. The van der Waals surface area contributed by atoms with E-state index in [1.165, 1.54) is 12.8 Å². The van der Waals surface area contributed by atoms with Gasteiger partial charge in [0.25, 0.3) is 0 Å². The summed E-state index contributed by atoms with van der Waals surface area (Å²) in [4.78, 5) is 15.2. The quantitative estimate of drug-likeness (QED) is 0.473. The van der Waals surface area contributed by atoms with Crippen LogP contribution in [-0.2, 0) is 9.63 Å². The third-order valence-electron chi connectivity index (χ3n) is 1.36. The molecule has 0 aliphatic heterocycles. The van der Waals surface area contributed by atoms with Crippen molar-refractivity contribution < 1.29 is 9.63 Å². The molecule has 3 heteroatoms. The molecule has 0 aromatic heterocycles. The standard InChI is InChI=1S/C8H17NO2/c1-3-5-6-7-9-11-8(10)4-2/h9H,3-7H2,1-2H3. The summed E-state index contributed by atoms with van der Waals surface area (Å²) in [6.07, 6.45) is 3.86. The number of hydrogen-bond donors (Lipinski definition) is 1. The van der Waals surface area contributed by atoms with Crippen LogP contribution in [0.25, 0.3) is 0 Å². The summed E-state index contributed by atoms with van der Waals surface area (Å²) in [5.41, 5.74) is 2.62. The van der Waals surface area contributed by atoms with Crippen molar-refractivity contribution in [2.75, 3.05) is 6.54 Å². The molecule has 0 atom stereocenters. The van der Waals surface area contributed by atoms with E-state index in [1.807, 2.05) is 0 Å². The Morgan fingerprint density at radius 1 is 1.36 bits per heavy atom. The van der Waals surface area contributed by atoms with Crippen LogP contribution in [0, 0.1) is 0 Å². The van der Waals surface area contributed by atoms with Crippen LogP contribution in [0.4, 0.5) is 0 Å². The molecule has 0 saturated carbocycles. The minimum atomic E-state index is -0.193. The van der Waals surface area contributed by atoms with E-state index in [4.69, 9.17) is 0 Å². The highest BCUT2D eigenvalue weighted by Crippen LogP contribution is 1.91. The van der Waals surface area contributed by atoms with Gasteiger partial charge in [-0.15, -0.1) is 0 Å². The van der Waals surface area contributed by atoms with E-state index < -0.39 is 0 Å². The predicted octanol–water partition coefficient (Wildman–Crippen LogP) is 1.63. The van der Waals surface area contributed by atoms with Crippen LogP contribution < -0.4 is 5.48 Å². The Labute approximate surface area is 68.1 Å². The van der Waals surface area contributed by atoms with Crippen molar-refractivity contribution in [2.45, 2.75) is 39.5 Å². The molecule has 0 spiro atoms. The lowest BCUT2D eigenvalue weighted by Gasteiger charge is -2.02. The van der Waals surface area contributed by atoms with Crippen LogP contribution in [0.3, 0.4) is 0 Å². The SMILES string of the molecule is CCCCCNOC(=O)CC. The number of carbonyl (C=O) groups is 1. The topological polar surface area (TPSA) is 38.3 Å². The summed E-state index contributed by atoms with van der Waals surface area (Å²) in [6.45, 7) is 4.67. The fourth-order valence-corrected chi connectivity index (χ4v) is 0.651. The van der Waals surface area contributed by atoms with E-state index in [0.29, 0.717) is 6.42 Å². The minimum Gasteiger partial charge on any atom is -0.371 e. The molecular formula is C8H17NO2. The summed E-state index contributed by atoms with van der Waals surface area (Å²) < 4.78 is 0. The van der Waals surface area contributed by atoms with Gasteiger partial charge < -0.3 is 4.84 Å². The van der Waals surface area contributed by atoms with Gasteiger partial charge in [0.05, 0.1) is 0 Å². The van der Waals surface area contributed by atoms with Crippen molar-refractivity contribution in [3.05, 3.63) is 0 Å². The largest absolute Gasteiger partial charge is 0.371 e. The van der Waals surface area contributed by atoms with Gasteiger partial charge in [-0.2, -0.15) is 5.48 Å². The molecule has 66 valence electrons. The van der Waals surface area contributed by atoms with Crippen LogP contribution in [0.1, 0.15) is 39.5 Å². The molecule has 11 heavy (non-hydrogen) atoms. The molecule has 0 fully saturated rings. The van der Waals surface area contributed by atoms with Crippen molar-refractivity contribution in [3.8, 4) is 0 Å². The van der Waals surface area contributed by atoms with E-state index >= 15 is 0 Å². The lowest BCUT2D eigenvalue weighted by atomic mass is 10.3. The molecule has 3 nitrogen and oxygen atoms in total. The van der Waals surface area contributed by atoms with Crippen LogP contribution in [-0.4, -0.2) is 12.5 Å². The Kier molecular flexibility index (Phi) is 7.15. The fourth-order valence-electron chi connectivity index (χ4n) is 0.651. The number of carbonyl (C=O) groups excluding carboxylic acids is 1. The Balaban J connectivity index is 2.95. The highest BCUT2D eigenvalue weighted by molar-refractivity contribution is 5.68. The molecule has 0 rings (SSSR count). The summed E-state index contributed by atoms with van der Waals surface area (Å²) in [5, 5.41) is 0. The summed E-state index contributed by atoms with van der Waals surface area (Å²) in [5.74, 6) is -0.193. The summed E-state index contributed by atoms with van der Waals surface area (Å²) >= 11 is 0. The van der Waals surface area contributed by atoms with Crippen LogP contribution in [0.5, 0.6) is 0 Å². The van der Waals surface area contributed by atoms with E-state index in [-0.39, 0.29) is 5.97 Å². The maximum absolute atomic E-state index is 10.6. The highest BCUT2D eigenvalue weighted by atomic mass is 16.7. The molecule has 0 heterocycles. The van der Waals surface area contributed by atoms with Gasteiger partial charge in [-0.05, 0) is 6.42 Å². The first-order valence-corrected chi connectivity index (χ1v) is 4.23. The molecule has 0 unspecified atom stereocenters. The van der Waals surface area contributed by atoms with E-state index in [2.05, 4.69) is 17.2 Å². The fraction of sp³-hybridized carbons (Fsp3) is 0.875. The molecular weight excluding hydrogens is 142 g/mol. The van der Waals surface area contributed by atoms with Crippen molar-refractivity contribution in [1.82, 2.24) is 5.48 Å². The Bertz CT molecular complexity index is 104. The molecule has 0 aliphatic rings. The van der Waals surface area contributed by atoms with Gasteiger partial charge in [-0.3, -0.25) is 4.79 Å². The maximum atomic E-state index is 10.6. The van der Waals surface area contributed by atoms with Gasteiger partial charge in [-0.25, -0.2) is 0 Å². The molecule has 0 bridgehead atoms. The smallest absolute Gasteiger partial charge is 0.324 e. The first-order chi connectivity index (χ1) is 5.31. The maximum Gasteiger partial charge on any atom is 0.324 e. The van der Waals surface area contributed by atoms with Crippen LogP contribution >= 0.6 is 0 Å². The van der Waals surface area contributed by atoms with Gasteiger partial charge in [-0.1, -0.05) is 26.7 Å². The zero-order valence-electron chi connectivity index (χ0n) is 7.35. The Hall–Kier alpha value is -0.570. The zero-order chi connectivity index (χ0) is 8.53.